The zero-order valence-corrected chi connectivity index (χ0v) is 13.1. The van der Waals surface area contributed by atoms with Gasteiger partial charge >= 0.3 is 6.92 Å². The van der Waals surface area contributed by atoms with Crippen molar-refractivity contribution >= 4 is 27.9 Å². The fourth-order valence-corrected chi connectivity index (χ4v) is 3.42. The quantitative estimate of drug-likeness (QED) is 0.783. The lowest BCUT2D eigenvalue weighted by molar-refractivity contribution is 0.336. The fraction of sp³-hybridized carbons (Fsp3) is 0.200. The minimum atomic E-state index is -3.44. The lowest BCUT2D eigenvalue weighted by Gasteiger charge is -2.12. The molecule has 0 bridgehead atoms. The number of nitrogens with zero attached hydrogens (tertiary/aromatic N) is 1. The van der Waals surface area contributed by atoms with Gasteiger partial charge in [0.1, 0.15) is 5.82 Å². The first kappa shape index (κ1) is 15.2. The Hall–Kier alpha value is -1.70. The predicted octanol–water partition coefficient (Wildman–Crippen LogP) is 0.712. The second-order valence-corrected chi connectivity index (χ2v) is 7.54. The van der Waals surface area contributed by atoms with E-state index in [9.17, 15) is 12.8 Å². The Labute approximate surface area is 129 Å². The molecule has 0 radical (unpaired) electrons. The van der Waals surface area contributed by atoms with Crippen LogP contribution in [0.4, 0.5) is 4.39 Å². The highest BCUT2D eigenvalue weighted by Gasteiger charge is 2.30. The number of fused-ring (bicyclic) bond motifs is 1. The van der Waals surface area contributed by atoms with Crippen molar-refractivity contribution < 1.29 is 17.5 Å². The standard InChI is InChI=1S/C15H15BFNO3S/c1-18(2)22(19,20)14-6-3-12(4-7-14)16-15-8-5-13(17)9-11(15)10-21-16/h3-9H,10H2,1-2H3. The van der Waals surface area contributed by atoms with E-state index in [1.807, 2.05) is 0 Å². The van der Waals surface area contributed by atoms with E-state index in [0.29, 0.717) is 6.61 Å². The van der Waals surface area contributed by atoms with E-state index in [1.165, 1.54) is 30.5 Å². The Bertz CT molecular complexity index is 806. The molecule has 22 heavy (non-hydrogen) atoms. The minimum absolute atomic E-state index is 0.235. The molecule has 0 aliphatic carbocycles. The molecule has 0 unspecified atom stereocenters. The Morgan fingerprint density at radius 2 is 1.82 bits per heavy atom. The lowest BCUT2D eigenvalue weighted by Crippen LogP contribution is -2.41. The smallest absolute Gasteiger partial charge is 0.362 e. The molecular weight excluding hydrogens is 304 g/mol. The van der Waals surface area contributed by atoms with Crippen LogP contribution in [0, 0.1) is 5.82 Å². The molecule has 0 atom stereocenters. The first-order chi connectivity index (χ1) is 10.4. The van der Waals surface area contributed by atoms with Gasteiger partial charge in [-0.1, -0.05) is 18.2 Å². The van der Waals surface area contributed by atoms with Crippen molar-refractivity contribution in [2.45, 2.75) is 11.5 Å². The molecule has 1 heterocycles. The maximum absolute atomic E-state index is 13.2. The molecule has 0 fully saturated rings. The number of benzene rings is 2. The van der Waals surface area contributed by atoms with Crippen molar-refractivity contribution in [3.8, 4) is 0 Å². The summed E-state index contributed by atoms with van der Waals surface area (Å²) in [4.78, 5) is 0.235. The van der Waals surface area contributed by atoms with Crippen LogP contribution < -0.4 is 10.9 Å². The van der Waals surface area contributed by atoms with Gasteiger partial charge in [0.15, 0.2) is 0 Å². The molecule has 0 saturated carbocycles. The molecule has 4 nitrogen and oxygen atoms in total. The Kier molecular flexibility index (Phi) is 3.80. The van der Waals surface area contributed by atoms with Crippen molar-refractivity contribution in [1.29, 1.82) is 0 Å². The van der Waals surface area contributed by atoms with Crippen LogP contribution in [0.3, 0.4) is 0 Å². The minimum Gasteiger partial charge on any atom is -0.423 e. The van der Waals surface area contributed by atoms with E-state index in [0.717, 1.165) is 16.5 Å². The monoisotopic (exact) mass is 319 g/mol. The molecule has 3 rings (SSSR count). The second-order valence-electron chi connectivity index (χ2n) is 5.39. The predicted molar refractivity (Wildman–Crippen MR) is 83.5 cm³/mol. The summed E-state index contributed by atoms with van der Waals surface area (Å²) in [7, 11) is -0.452. The van der Waals surface area contributed by atoms with Gasteiger partial charge in [-0.15, -0.1) is 0 Å². The number of hydrogen-bond acceptors (Lipinski definition) is 3. The molecule has 7 heteroatoms. The third-order valence-electron chi connectivity index (χ3n) is 3.75. The third kappa shape index (κ3) is 2.56. The molecule has 0 aromatic heterocycles. The number of rotatable bonds is 3. The summed E-state index contributed by atoms with van der Waals surface area (Å²) >= 11 is 0. The first-order valence-electron chi connectivity index (χ1n) is 6.82. The third-order valence-corrected chi connectivity index (χ3v) is 5.58. The van der Waals surface area contributed by atoms with Crippen LogP contribution in [-0.2, 0) is 21.3 Å². The second kappa shape index (κ2) is 5.50. The highest BCUT2D eigenvalue weighted by Crippen LogP contribution is 2.15. The van der Waals surface area contributed by atoms with E-state index >= 15 is 0 Å². The maximum atomic E-state index is 13.2. The van der Waals surface area contributed by atoms with Crippen molar-refractivity contribution in [3.05, 3.63) is 53.8 Å². The van der Waals surface area contributed by atoms with Gasteiger partial charge in [-0.25, -0.2) is 17.1 Å². The largest absolute Gasteiger partial charge is 0.423 e. The van der Waals surface area contributed by atoms with Crippen molar-refractivity contribution in [2.24, 2.45) is 0 Å². The van der Waals surface area contributed by atoms with Gasteiger partial charge in [0.25, 0.3) is 0 Å². The molecule has 114 valence electrons. The average molecular weight is 319 g/mol. The summed E-state index contributed by atoms with van der Waals surface area (Å²) < 4.78 is 44.2. The normalized spacial score (nSPS) is 14.5. The van der Waals surface area contributed by atoms with Gasteiger partial charge in [-0.05, 0) is 40.8 Å². The van der Waals surface area contributed by atoms with Crippen LogP contribution in [0.2, 0.25) is 0 Å². The lowest BCUT2D eigenvalue weighted by atomic mass is 9.56. The summed E-state index contributed by atoms with van der Waals surface area (Å²) in [6.07, 6.45) is 0. The molecule has 0 spiro atoms. The number of hydrogen-bond donors (Lipinski definition) is 0. The Balaban J connectivity index is 1.93. The number of sulfonamides is 1. The van der Waals surface area contributed by atoms with E-state index in [1.54, 1.807) is 30.3 Å². The SMILES string of the molecule is CN(C)S(=O)(=O)c1ccc(B2OCc3cc(F)ccc32)cc1. The van der Waals surface area contributed by atoms with Gasteiger partial charge in [0.2, 0.25) is 10.0 Å². The van der Waals surface area contributed by atoms with E-state index in [2.05, 4.69) is 0 Å². The topological polar surface area (TPSA) is 46.6 Å². The highest BCUT2D eigenvalue weighted by molar-refractivity contribution is 7.89. The molecule has 2 aromatic rings. The van der Waals surface area contributed by atoms with E-state index < -0.39 is 10.0 Å². The van der Waals surface area contributed by atoms with Crippen LogP contribution in [0.25, 0.3) is 0 Å². The van der Waals surface area contributed by atoms with Crippen LogP contribution in [0.5, 0.6) is 0 Å². The van der Waals surface area contributed by atoms with Gasteiger partial charge < -0.3 is 4.65 Å². The molecule has 0 amide bonds. The van der Waals surface area contributed by atoms with Crippen molar-refractivity contribution in [2.75, 3.05) is 14.1 Å². The molecule has 2 aromatic carbocycles. The zero-order valence-electron chi connectivity index (χ0n) is 12.3. The van der Waals surface area contributed by atoms with Gasteiger partial charge in [-0.3, -0.25) is 0 Å². The molecule has 0 saturated heterocycles. The maximum Gasteiger partial charge on any atom is 0.362 e. The number of halogens is 1. The highest BCUT2D eigenvalue weighted by atomic mass is 32.2. The molecule has 1 aliphatic heterocycles. The summed E-state index contributed by atoms with van der Waals surface area (Å²) in [5.41, 5.74) is 2.60. The summed E-state index contributed by atoms with van der Waals surface area (Å²) in [5.74, 6) is -0.282. The summed E-state index contributed by atoms with van der Waals surface area (Å²) in [6.45, 7) is 0.0712. The summed E-state index contributed by atoms with van der Waals surface area (Å²) in [6, 6.07) is 11.2. The van der Waals surface area contributed by atoms with Crippen LogP contribution in [-0.4, -0.2) is 33.7 Å². The Morgan fingerprint density at radius 3 is 2.45 bits per heavy atom. The van der Waals surface area contributed by atoms with E-state index in [4.69, 9.17) is 4.65 Å². The van der Waals surface area contributed by atoms with E-state index in [-0.39, 0.29) is 17.6 Å². The van der Waals surface area contributed by atoms with Crippen LogP contribution >= 0.6 is 0 Å². The fourth-order valence-electron chi connectivity index (χ4n) is 2.52. The van der Waals surface area contributed by atoms with Gasteiger partial charge in [0, 0.05) is 14.1 Å². The van der Waals surface area contributed by atoms with Crippen molar-refractivity contribution in [1.82, 2.24) is 4.31 Å². The molecule has 1 aliphatic rings. The molecular formula is C15H15BFNO3S. The van der Waals surface area contributed by atoms with Gasteiger partial charge in [-0.2, -0.15) is 0 Å². The summed E-state index contributed by atoms with van der Waals surface area (Å²) in [5, 5.41) is 0. The molecule has 0 N–H and O–H groups in total. The average Bonchev–Trinajstić information content (AvgIpc) is 2.90. The van der Waals surface area contributed by atoms with Crippen molar-refractivity contribution in [3.63, 3.8) is 0 Å². The zero-order chi connectivity index (χ0) is 15.9. The van der Waals surface area contributed by atoms with Gasteiger partial charge in [0.05, 0.1) is 11.5 Å². The first-order valence-corrected chi connectivity index (χ1v) is 8.26. The Morgan fingerprint density at radius 1 is 1.14 bits per heavy atom. The van der Waals surface area contributed by atoms with Crippen LogP contribution in [0.15, 0.2) is 47.4 Å². The van der Waals surface area contributed by atoms with Crippen LogP contribution in [0.1, 0.15) is 5.56 Å².